The number of nitriles is 1. The van der Waals surface area contributed by atoms with Gasteiger partial charge in [0.1, 0.15) is 17.7 Å². The minimum absolute atomic E-state index is 0.00180. The van der Waals surface area contributed by atoms with Gasteiger partial charge in [0.05, 0.1) is 5.56 Å². The molecule has 5 nitrogen and oxygen atoms in total. The summed E-state index contributed by atoms with van der Waals surface area (Å²) in [5.74, 6) is -0.838. The van der Waals surface area contributed by atoms with E-state index in [0.29, 0.717) is 11.3 Å². The molecule has 2 aromatic rings. The Morgan fingerprint density at radius 2 is 1.68 bits per heavy atom. The zero-order chi connectivity index (χ0) is 19.8. The van der Waals surface area contributed by atoms with Crippen LogP contribution in [0.5, 0.6) is 0 Å². The van der Waals surface area contributed by atoms with Crippen LogP contribution in [0.4, 0.5) is 5.69 Å². The standard InChI is InChI=1S/C23H22N2O3/c24-16-19(15-17-7-3-1-4-8-17)22(26)25-20-13-11-18(12-14-20)23(27)28-21-9-5-2-6-10-21/h1,3-4,7-8,11-15,21H,2,5-6,9-10H2,(H,25,26)/b19-15+. The Hall–Kier alpha value is -3.39. The fraction of sp³-hybridized carbons (Fsp3) is 0.261. The Bertz CT molecular complexity index is 890. The lowest BCUT2D eigenvalue weighted by atomic mass is 9.98. The molecule has 5 heteroatoms. The molecule has 1 fully saturated rings. The van der Waals surface area contributed by atoms with Crippen molar-refractivity contribution in [2.75, 3.05) is 5.32 Å². The van der Waals surface area contributed by atoms with E-state index in [2.05, 4.69) is 5.32 Å². The first-order chi connectivity index (χ1) is 13.7. The maximum Gasteiger partial charge on any atom is 0.338 e. The van der Waals surface area contributed by atoms with Crippen LogP contribution < -0.4 is 5.32 Å². The molecule has 1 aliphatic carbocycles. The number of hydrogen-bond donors (Lipinski definition) is 1. The molecule has 1 amide bonds. The first-order valence-electron chi connectivity index (χ1n) is 9.45. The number of nitrogens with one attached hydrogen (secondary N) is 1. The van der Waals surface area contributed by atoms with Gasteiger partial charge in [0, 0.05) is 5.69 Å². The van der Waals surface area contributed by atoms with Gasteiger partial charge in [0.2, 0.25) is 0 Å². The highest BCUT2D eigenvalue weighted by atomic mass is 16.5. The smallest absolute Gasteiger partial charge is 0.338 e. The summed E-state index contributed by atoms with van der Waals surface area (Å²) < 4.78 is 5.54. The van der Waals surface area contributed by atoms with E-state index < -0.39 is 5.91 Å². The number of benzene rings is 2. The van der Waals surface area contributed by atoms with Crippen LogP contribution in [-0.4, -0.2) is 18.0 Å². The van der Waals surface area contributed by atoms with E-state index in [1.54, 1.807) is 24.3 Å². The number of ether oxygens (including phenoxy) is 1. The zero-order valence-electron chi connectivity index (χ0n) is 15.6. The summed E-state index contributed by atoms with van der Waals surface area (Å²) >= 11 is 0. The number of esters is 1. The summed E-state index contributed by atoms with van der Waals surface area (Å²) in [7, 11) is 0. The fourth-order valence-electron chi connectivity index (χ4n) is 3.15. The highest BCUT2D eigenvalue weighted by molar-refractivity contribution is 6.09. The largest absolute Gasteiger partial charge is 0.459 e. The Morgan fingerprint density at radius 1 is 1.00 bits per heavy atom. The van der Waals surface area contributed by atoms with Crippen molar-refractivity contribution in [3.8, 4) is 6.07 Å². The molecule has 1 saturated carbocycles. The normalized spacial score (nSPS) is 14.8. The molecular weight excluding hydrogens is 352 g/mol. The number of hydrogen-bond acceptors (Lipinski definition) is 4. The predicted octanol–water partition coefficient (Wildman–Crippen LogP) is 4.72. The molecular formula is C23H22N2O3. The van der Waals surface area contributed by atoms with E-state index in [1.807, 2.05) is 36.4 Å². The van der Waals surface area contributed by atoms with Gasteiger partial charge in [-0.25, -0.2) is 4.79 Å². The number of nitrogens with zero attached hydrogens (tertiary/aromatic N) is 1. The molecule has 2 aromatic carbocycles. The van der Waals surface area contributed by atoms with Gasteiger partial charge >= 0.3 is 5.97 Å². The predicted molar refractivity (Wildman–Crippen MR) is 107 cm³/mol. The van der Waals surface area contributed by atoms with Crippen molar-refractivity contribution in [2.24, 2.45) is 0 Å². The SMILES string of the molecule is N#C/C(=C\c1ccccc1)C(=O)Nc1ccc(C(=O)OC2CCCCC2)cc1. The van der Waals surface area contributed by atoms with Gasteiger partial charge in [-0.1, -0.05) is 36.8 Å². The van der Waals surface area contributed by atoms with Crippen LogP contribution in [0, 0.1) is 11.3 Å². The highest BCUT2D eigenvalue weighted by Gasteiger charge is 2.18. The van der Waals surface area contributed by atoms with Crippen LogP contribution in [-0.2, 0) is 9.53 Å². The van der Waals surface area contributed by atoms with Crippen molar-refractivity contribution < 1.29 is 14.3 Å². The molecule has 0 spiro atoms. The second-order valence-electron chi connectivity index (χ2n) is 6.78. The minimum Gasteiger partial charge on any atom is -0.459 e. The van der Waals surface area contributed by atoms with Gasteiger partial charge in [0.25, 0.3) is 5.91 Å². The van der Waals surface area contributed by atoms with Crippen LogP contribution in [0.25, 0.3) is 6.08 Å². The van der Waals surface area contributed by atoms with Crippen molar-refractivity contribution in [1.82, 2.24) is 0 Å². The lowest BCUT2D eigenvalue weighted by molar-refractivity contribution is -0.112. The van der Waals surface area contributed by atoms with Gasteiger partial charge < -0.3 is 10.1 Å². The molecule has 0 unspecified atom stereocenters. The highest BCUT2D eigenvalue weighted by Crippen LogP contribution is 2.22. The molecule has 1 N–H and O–H groups in total. The maximum absolute atomic E-state index is 12.3. The van der Waals surface area contributed by atoms with Crippen LogP contribution in [0.15, 0.2) is 60.2 Å². The van der Waals surface area contributed by atoms with Crippen molar-refractivity contribution in [3.05, 3.63) is 71.3 Å². The summed E-state index contributed by atoms with van der Waals surface area (Å²) in [5.41, 5.74) is 1.74. The van der Waals surface area contributed by atoms with E-state index in [0.717, 1.165) is 31.2 Å². The molecule has 0 aliphatic heterocycles. The summed E-state index contributed by atoms with van der Waals surface area (Å²) in [5, 5.41) is 11.9. The quantitative estimate of drug-likeness (QED) is 0.466. The molecule has 3 rings (SSSR count). The summed E-state index contributed by atoms with van der Waals surface area (Å²) in [6.45, 7) is 0. The van der Waals surface area contributed by atoms with Gasteiger partial charge in [-0.2, -0.15) is 5.26 Å². The average Bonchev–Trinajstić information content (AvgIpc) is 2.74. The third-order valence-electron chi connectivity index (χ3n) is 4.68. The van der Waals surface area contributed by atoms with Gasteiger partial charge in [-0.05, 0) is 61.6 Å². The molecule has 0 radical (unpaired) electrons. The Balaban J connectivity index is 1.61. The van der Waals surface area contributed by atoms with Crippen LogP contribution in [0.1, 0.15) is 48.0 Å². The van der Waals surface area contributed by atoms with Gasteiger partial charge in [-0.15, -0.1) is 0 Å². The van der Waals surface area contributed by atoms with Gasteiger partial charge in [-0.3, -0.25) is 4.79 Å². The van der Waals surface area contributed by atoms with E-state index in [9.17, 15) is 14.9 Å². The average molecular weight is 374 g/mol. The Labute approximate surface area is 164 Å². The van der Waals surface area contributed by atoms with Crippen molar-refractivity contribution >= 4 is 23.6 Å². The molecule has 142 valence electrons. The second kappa shape index (κ2) is 9.52. The van der Waals surface area contributed by atoms with E-state index >= 15 is 0 Å². The third kappa shape index (κ3) is 5.31. The Morgan fingerprint density at radius 3 is 2.32 bits per heavy atom. The van der Waals surface area contributed by atoms with E-state index in [4.69, 9.17) is 4.74 Å². The molecule has 28 heavy (non-hydrogen) atoms. The molecule has 0 atom stereocenters. The van der Waals surface area contributed by atoms with Crippen LogP contribution in [0.2, 0.25) is 0 Å². The minimum atomic E-state index is -0.496. The number of rotatable bonds is 5. The van der Waals surface area contributed by atoms with Gasteiger partial charge in [0.15, 0.2) is 0 Å². The van der Waals surface area contributed by atoms with E-state index in [1.165, 1.54) is 12.5 Å². The topological polar surface area (TPSA) is 79.2 Å². The number of amides is 1. The first-order valence-corrected chi connectivity index (χ1v) is 9.45. The Kier molecular flexibility index (Phi) is 6.59. The summed E-state index contributed by atoms with van der Waals surface area (Å²) in [6, 6.07) is 17.6. The number of anilines is 1. The summed E-state index contributed by atoms with van der Waals surface area (Å²) in [4.78, 5) is 24.6. The summed E-state index contributed by atoms with van der Waals surface area (Å²) in [6.07, 6.45) is 6.77. The van der Waals surface area contributed by atoms with Crippen LogP contribution in [0.3, 0.4) is 0 Å². The van der Waals surface area contributed by atoms with Crippen molar-refractivity contribution in [3.63, 3.8) is 0 Å². The monoisotopic (exact) mass is 374 g/mol. The molecule has 0 heterocycles. The maximum atomic E-state index is 12.3. The molecule has 0 bridgehead atoms. The van der Waals surface area contributed by atoms with E-state index in [-0.39, 0.29) is 17.6 Å². The number of carbonyl (C=O) groups is 2. The molecule has 0 aromatic heterocycles. The van der Waals surface area contributed by atoms with Crippen LogP contribution >= 0.6 is 0 Å². The third-order valence-corrected chi connectivity index (χ3v) is 4.68. The molecule has 0 saturated heterocycles. The second-order valence-corrected chi connectivity index (χ2v) is 6.78. The fourth-order valence-corrected chi connectivity index (χ4v) is 3.15. The lowest BCUT2D eigenvalue weighted by Gasteiger charge is -2.21. The lowest BCUT2D eigenvalue weighted by Crippen LogP contribution is -2.21. The first kappa shape index (κ1) is 19.4. The zero-order valence-corrected chi connectivity index (χ0v) is 15.6. The van der Waals surface area contributed by atoms with Crippen molar-refractivity contribution in [1.29, 1.82) is 5.26 Å². The molecule has 1 aliphatic rings. The van der Waals surface area contributed by atoms with Crippen molar-refractivity contribution in [2.45, 2.75) is 38.2 Å². The number of carbonyl (C=O) groups excluding carboxylic acids is 2.